The zero-order valence-corrected chi connectivity index (χ0v) is 9.66. The number of urea groups is 1. The molecule has 1 rings (SSSR count). The van der Waals surface area contributed by atoms with Crippen LogP contribution in [0.15, 0.2) is 18.2 Å². The van der Waals surface area contributed by atoms with Crippen LogP contribution in [0.4, 0.5) is 10.6 Å². The summed E-state index contributed by atoms with van der Waals surface area (Å²) in [5, 5.41) is 13.8. The summed E-state index contributed by atoms with van der Waals surface area (Å²) in [6.07, 6.45) is 0.878. The van der Waals surface area contributed by atoms with Crippen molar-refractivity contribution in [3.05, 3.63) is 23.9 Å². The first-order valence-corrected chi connectivity index (χ1v) is 5.38. The maximum atomic E-state index is 11.4. The first kappa shape index (κ1) is 13.0. The van der Waals surface area contributed by atoms with Gasteiger partial charge in [0.05, 0.1) is 0 Å². The lowest BCUT2D eigenvalue weighted by atomic mass is 10.3. The van der Waals surface area contributed by atoms with E-state index < -0.39 is 0 Å². The monoisotopic (exact) mass is 233 g/mol. The molecule has 0 unspecified atom stereocenters. The van der Waals surface area contributed by atoms with Crippen molar-refractivity contribution in [1.29, 1.82) is 0 Å². The van der Waals surface area contributed by atoms with E-state index >= 15 is 0 Å². The fourth-order valence-corrected chi connectivity index (χ4v) is 1.10. The number of aliphatic hydroxyl groups excluding tert-OH is 1. The molecule has 1 aromatic heterocycles. The van der Waals surface area contributed by atoms with Gasteiger partial charge in [0.1, 0.15) is 18.1 Å². The third kappa shape index (κ3) is 5.00. The predicted molar refractivity (Wildman–Crippen MR) is 65.5 cm³/mol. The average Bonchev–Trinajstić information content (AvgIpc) is 2.34. The Bertz CT molecular complexity index is 435. The maximum Gasteiger partial charge on any atom is 0.320 e. The molecule has 0 saturated heterocycles. The van der Waals surface area contributed by atoms with Gasteiger partial charge in [-0.25, -0.2) is 9.78 Å². The van der Waals surface area contributed by atoms with Gasteiger partial charge >= 0.3 is 6.03 Å². The number of hydrogen-bond donors (Lipinski definition) is 3. The van der Waals surface area contributed by atoms with Crippen molar-refractivity contribution >= 4 is 11.8 Å². The third-order valence-electron chi connectivity index (χ3n) is 1.82. The summed E-state index contributed by atoms with van der Waals surface area (Å²) in [5.41, 5.74) is 0.507. The van der Waals surface area contributed by atoms with Crippen LogP contribution in [0.5, 0.6) is 0 Å². The molecule has 0 aliphatic heterocycles. The molecule has 0 saturated carbocycles. The highest BCUT2D eigenvalue weighted by molar-refractivity contribution is 5.88. The van der Waals surface area contributed by atoms with E-state index in [1.807, 2.05) is 6.92 Å². The molecule has 0 radical (unpaired) electrons. The summed E-state index contributed by atoms with van der Waals surface area (Å²) in [4.78, 5) is 15.5. The maximum absolute atomic E-state index is 11.4. The summed E-state index contributed by atoms with van der Waals surface area (Å²) in [5.74, 6) is 5.60. The number of aliphatic hydroxyl groups is 1. The Balaban J connectivity index is 2.62. The van der Waals surface area contributed by atoms with Crippen molar-refractivity contribution < 1.29 is 9.90 Å². The Morgan fingerprint density at radius 1 is 1.53 bits per heavy atom. The van der Waals surface area contributed by atoms with Crippen LogP contribution in [0, 0.1) is 11.8 Å². The predicted octanol–water partition coefficient (Wildman–Crippen LogP) is 0.957. The molecule has 17 heavy (non-hydrogen) atoms. The van der Waals surface area contributed by atoms with Crippen molar-refractivity contribution in [2.24, 2.45) is 0 Å². The number of aromatic nitrogens is 1. The number of pyridine rings is 1. The van der Waals surface area contributed by atoms with Crippen LogP contribution in [0.2, 0.25) is 0 Å². The number of carbonyl (C=O) groups is 1. The van der Waals surface area contributed by atoms with Crippen LogP contribution in [-0.4, -0.2) is 29.3 Å². The number of hydrogen-bond acceptors (Lipinski definition) is 3. The van der Waals surface area contributed by atoms with E-state index in [1.54, 1.807) is 18.2 Å². The van der Waals surface area contributed by atoms with E-state index in [-0.39, 0.29) is 12.6 Å². The van der Waals surface area contributed by atoms with Gasteiger partial charge < -0.3 is 10.4 Å². The number of amides is 2. The Kier molecular flexibility index (Phi) is 5.55. The molecular weight excluding hydrogens is 218 g/mol. The molecule has 0 bridgehead atoms. The topological polar surface area (TPSA) is 74.2 Å². The van der Waals surface area contributed by atoms with Crippen LogP contribution in [0.3, 0.4) is 0 Å². The molecule has 0 aliphatic rings. The summed E-state index contributed by atoms with van der Waals surface area (Å²) in [6, 6.07) is 4.84. The lowest BCUT2D eigenvalue weighted by Gasteiger charge is -2.05. The van der Waals surface area contributed by atoms with Crippen molar-refractivity contribution in [1.82, 2.24) is 10.3 Å². The lowest BCUT2D eigenvalue weighted by Crippen LogP contribution is -2.29. The fourth-order valence-electron chi connectivity index (χ4n) is 1.10. The van der Waals surface area contributed by atoms with Gasteiger partial charge in [-0.15, -0.1) is 0 Å². The van der Waals surface area contributed by atoms with Crippen molar-refractivity contribution in [3.63, 3.8) is 0 Å². The lowest BCUT2D eigenvalue weighted by molar-refractivity contribution is 0.252. The van der Waals surface area contributed by atoms with E-state index in [9.17, 15) is 4.79 Å². The normalized spacial score (nSPS) is 9.06. The SMILES string of the molecule is CCCNC(=O)Nc1cccc(C#CCO)n1. The molecule has 1 aromatic rings. The minimum atomic E-state index is -0.286. The molecule has 0 aliphatic carbocycles. The van der Waals surface area contributed by atoms with Gasteiger partial charge in [-0.05, 0) is 24.5 Å². The summed E-state index contributed by atoms with van der Waals surface area (Å²) in [6.45, 7) is 2.38. The van der Waals surface area contributed by atoms with E-state index in [0.29, 0.717) is 18.1 Å². The van der Waals surface area contributed by atoms with Crippen LogP contribution >= 0.6 is 0 Å². The van der Waals surface area contributed by atoms with E-state index in [4.69, 9.17) is 5.11 Å². The molecule has 0 atom stereocenters. The van der Waals surface area contributed by atoms with Gasteiger partial charge in [0.2, 0.25) is 0 Å². The molecule has 3 N–H and O–H groups in total. The molecule has 2 amide bonds. The van der Waals surface area contributed by atoms with Crippen molar-refractivity contribution in [2.75, 3.05) is 18.5 Å². The van der Waals surface area contributed by atoms with Crippen LogP contribution in [0.1, 0.15) is 19.0 Å². The second kappa shape index (κ2) is 7.25. The molecule has 90 valence electrons. The molecule has 0 fully saturated rings. The first-order chi connectivity index (χ1) is 8.26. The number of nitrogens with one attached hydrogen (secondary N) is 2. The van der Waals surface area contributed by atoms with E-state index in [0.717, 1.165) is 6.42 Å². The highest BCUT2D eigenvalue weighted by atomic mass is 16.2. The molecule has 5 nitrogen and oxygen atoms in total. The molecule has 1 heterocycles. The Morgan fingerprint density at radius 3 is 3.06 bits per heavy atom. The average molecular weight is 233 g/mol. The van der Waals surface area contributed by atoms with Crippen molar-refractivity contribution in [2.45, 2.75) is 13.3 Å². The first-order valence-electron chi connectivity index (χ1n) is 5.38. The number of carbonyl (C=O) groups excluding carboxylic acids is 1. The van der Waals surface area contributed by atoms with Crippen LogP contribution in [0.25, 0.3) is 0 Å². The Labute approximate surface area is 100 Å². The summed E-state index contributed by atoms with van der Waals surface area (Å²) >= 11 is 0. The zero-order chi connectivity index (χ0) is 12.5. The second-order valence-electron chi connectivity index (χ2n) is 3.25. The largest absolute Gasteiger partial charge is 0.384 e. The van der Waals surface area contributed by atoms with Gasteiger partial charge in [-0.1, -0.05) is 18.9 Å². The molecular formula is C12H15N3O2. The van der Waals surface area contributed by atoms with Gasteiger partial charge in [0, 0.05) is 6.54 Å². The van der Waals surface area contributed by atoms with Gasteiger partial charge in [-0.2, -0.15) is 0 Å². The van der Waals surface area contributed by atoms with Crippen molar-refractivity contribution in [3.8, 4) is 11.8 Å². The fraction of sp³-hybridized carbons (Fsp3) is 0.333. The molecule has 0 aromatic carbocycles. The zero-order valence-electron chi connectivity index (χ0n) is 9.66. The second-order valence-corrected chi connectivity index (χ2v) is 3.25. The van der Waals surface area contributed by atoms with Crippen LogP contribution < -0.4 is 10.6 Å². The van der Waals surface area contributed by atoms with Gasteiger partial charge in [0.25, 0.3) is 0 Å². The number of rotatable bonds is 3. The minimum absolute atomic E-state index is 0.212. The van der Waals surface area contributed by atoms with Crippen LogP contribution in [-0.2, 0) is 0 Å². The number of nitrogens with zero attached hydrogens (tertiary/aromatic N) is 1. The smallest absolute Gasteiger partial charge is 0.320 e. The molecule has 0 spiro atoms. The summed E-state index contributed by atoms with van der Waals surface area (Å²) in [7, 11) is 0. The highest BCUT2D eigenvalue weighted by Crippen LogP contribution is 2.03. The molecule has 5 heteroatoms. The van der Waals surface area contributed by atoms with E-state index in [2.05, 4.69) is 27.5 Å². The Hall–Kier alpha value is -2.06. The quantitative estimate of drug-likeness (QED) is 0.681. The summed E-state index contributed by atoms with van der Waals surface area (Å²) < 4.78 is 0. The standard InChI is InChI=1S/C12H15N3O2/c1-2-8-13-12(17)15-11-7-3-5-10(14-11)6-4-9-16/h3,5,7,16H,2,8-9H2,1H3,(H2,13,14,15,17). The highest BCUT2D eigenvalue weighted by Gasteiger charge is 2.01. The van der Waals surface area contributed by atoms with Gasteiger partial charge in [0.15, 0.2) is 0 Å². The third-order valence-corrected chi connectivity index (χ3v) is 1.82. The van der Waals surface area contributed by atoms with Gasteiger partial charge in [-0.3, -0.25) is 5.32 Å². The minimum Gasteiger partial charge on any atom is -0.384 e. The number of anilines is 1. The van der Waals surface area contributed by atoms with E-state index in [1.165, 1.54) is 0 Å². The Morgan fingerprint density at radius 2 is 2.35 bits per heavy atom.